The lowest BCUT2D eigenvalue weighted by molar-refractivity contribution is -0.645. The van der Waals surface area contributed by atoms with Crippen LogP contribution >= 0.6 is 11.8 Å². The Morgan fingerprint density at radius 3 is 2.60 bits per heavy atom. The average molecular weight is 452 g/mol. The molecule has 162 valence electrons. The molecule has 3 rings (SSSR count). The van der Waals surface area contributed by atoms with Crippen molar-refractivity contribution in [2.45, 2.75) is 35.6 Å². The van der Waals surface area contributed by atoms with Crippen LogP contribution in [0.15, 0.2) is 52.5 Å². The van der Waals surface area contributed by atoms with Gasteiger partial charge in [-0.3, -0.25) is 4.79 Å². The van der Waals surface area contributed by atoms with Crippen molar-refractivity contribution in [2.24, 2.45) is 0 Å². The second-order valence-electron chi connectivity index (χ2n) is 6.88. The molecule has 8 nitrogen and oxygen atoms in total. The van der Waals surface area contributed by atoms with E-state index in [0.29, 0.717) is 28.6 Å². The molecule has 0 saturated carbocycles. The first-order chi connectivity index (χ1) is 14.4. The van der Waals surface area contributed by atoms with Gasteiger partial charge in [-0.2, -0.15) is 9.04 Å². The van der Waals surface area contributed by atoms with Gasteiger partial charge in [0.25, 0.3) is 5.03 Å². The third kappa shape index (κ3) is 5.44. The number of sulfonamides is 1. The zero-order chi connectivity index (χ0) is 21.6. The van der Waals surface area contributed by atoms with Crippen LogP contribution < -0.4 is 14.8 Å². The van der Waals surface area contributed by atoms with Crippen LogP contribution in [0.5, 0.6) is 5.75 Å². The highest BCUT2D eigenvalue weighted by atomic mass is 32.2. The third-order valence-corrected chi connectivity index (χ3v) is 7.70. The molecule has 30 heavy (non-hydrogen) atoms. The molecule has 0 radical (unpaired) electrons. The Bertz CT molecular complexity index is 990. The number of thioether (sulfide) groups is 1. The van der Waals surface area contributed by atoms with E-state index in [1.54, 1.807) is 18.2 Å². The molecule has 1 fully saturated rings. The highest BCUT2D eigenvalue weighted by Gasteiger charge is 2.26. The monoisotopic (exact) mass is 451 g/mol. The average Bonchev–Trinajstić information content (AvgIpc) is 3.03. The predicted molar refractivity (Wildman–Crippen MR) is 115 cm³/mol. The van der Waals surface area contributed by atoms with Crippen molar-refractivity contribution in [1.29, 1.82) is 0 Å². The number of hydrogen-bond donors (Lipinski definition) is 1. The highest BCUT2D eigenvalue weighted by molar-refractivity contribution is 7.99. The number of anilines is 1. The van der Waals surface area contributed by atoms with Gasteiger partial charge in [0, 0.05) is 25.2 Å². The fraction of sp³-hybridized carbons (Fsp3) is 0.400. The van der Waals surface area contributed by atoms with E-state index in [0.717, 1.165) is 37.4 Å². The van der Waals surface area contributed by atoms with E-state index in [1.165, 1.54) is 35.8 Å². The summed E-state index contributed by atoms with van der Waals surface area (Å²) in [5.74, 6) is -0.00774. The van der Waals surface area contributed by atoms with Crippen LogP contribution in [0.3, 0.4) is 0 Å². The van der Waals surface area contributed by atoms with Crippen molar-refractivity contribution in [3.05, 3.63) is 47.8 Å². The Morgan fingerprint density at radius 2 is 1.93 bits per heavy atom. The summed E-state index contributed by atoms with van der Waals surface area (Å²) in [6.45, 7) is 0.998. The first-order valence-corrected chi connectivity index (χ1v) is 12.1. The standard InChI is InChI=1S/C20H25N3O5S2/c1-28-18-10-9-16(30(26,27)22-11-5-2-3-6-12-22)14-17(18)21-19(24)15-29-20-8-4-7-13-23(20)25/h4,7-10,13-14H,2-3,5-6,11-12,15H2,1H3,(H,21,24). The van der Waals surface area contributed by atoms with E-state index in [1.807, 2.05) is 0 Å². The number of hydrogen-bond acceptors (Lipinski definition) is 6. The number of nitrogens with one attached hydrogen (secondary N) is 1. The molecule has 0 atom stereocenters. The third-order valence-electron chi connectivity index (χ3n) is 4.79. The van der Waals surface area contributed by atoms with Gasteiger partial charge in [0.15, 0.2) is 6.20 Å². The van der Waals surface area contributed by atoms with E-state index in [9.17, 15) is 18.4 Å². The minimum absolute atomic E-state index is 0.00148. The zero-order valence-electron chi connectivity index (χ0n) is 16.7. The predicted octanol–water partition coefficient (Wildman–Crippen LogP) is 2.62. The number of pyridine rings is 1. The van der Waals surface area contributed by atoms with E-state index in [2.05, 4.69) is 5.32 Å². The van der Waals surface area contributed by atoms with Crippen molar-refractivity contribution < 1.29 is 22.7 Å². The molecule has 0 bridgehead atoms. The SMILES string of the molecule is COc1ccc(S(=O)(=O)N2CCCCCC2)cc1NC(=O)CSc1cccc[n+]1[O-]. The van der Waals surface area contributed by atoms with Crippen molar-refractivity contribution >= 4 is 33.4 Å². The Balaban J connectivity index is 1.75. The van der Waals surface area contributed by atoms with Crippen molar-refractivity contribution in [3.8, 4) is 5.75 Å². The van der Waals surface area contributed by atoms with Gasteiger partial charge in [-0.1, -0.05) is 12.8 Å². The summed E-state index contributed by atoms with van der Waals surface area (Å²) in [5.41, 5.74) is 0.280. The second kappa shape index (κ2) is 10.1. The van der Waals surface area contributed by atoms with Crippen LogP contribution in [-0.4, -0.2) is 44.6 Å². The molecule has 0 aliphatic carbocycles. The lowest BCUT2D eigenvalue weighted by Crippen LogP contribution is -2.32. The maximum Gasteiger partial charge on any atom is 0.251 e. The molecule has 1 amide bonds. The van der Waals surface area contributed by atoms with E-state index in [4.69, 9.17) is 4.74 Å². The van der Waals surface area contributed by atoms with Crippen LogP contribution in [-0.2, 0) is 14.8 Å². The summed E-state index contributed by atoms with van der Waals surface area (Å²) in [5, 5.41) is 14.8. The molecular weight excluding hydrogens is 426 g/mol. The quantitative estimate of drug-likeness (QED) is 0.394. The fourth-order valence-electron chi connectivity index (χ4n) is 3.23. The molecule has 1 aliphatic rings. The molecule has 1 aromatic heterocycles. The van der Waals surface area contributed by atoms with E-state index < -0.39 is 10.0 Å². The maximum absolute atomic E-state index is 13.1. The normalized spacial score (nSPS) is 15.4. The summed E-state index contributed by atoms with van der Waals surface area (Å²) >= 11 is 1.09. The number of nitrogens with zero attached hydrogens (tertiary/aromatic N) is 2. The number of amides is 1. The summed E-state index contributed by atoms with van der Waals surface area (Å²) < 4.78 is 33.6. The summed E-state index contributed by atoms with van der Waals surface area (Å²) in [7, 11) is -2.20. The van der Waals surface area contributed by atoms with Gasteiger partial charge in [-0.25, -0.2) is 8.42 Å². The number of methoxy groups -OCH3 is 1. The first kappa shape index (κ1) is 22.4. The van der Waals surface area contributed by atoms with Crippen LogP contribution in [0.2, 0.25) is 0 Å². The first-order valence-electron chi connectivity index (χ1n) is 9.71. The summed E-state index contributed by atoms with van der Waals surface area (Å²) in [6, 6.07) is 9.41. The Hall–Kier alpha value is -2.30. The van der Waals surface area contributed by atoms with Gasteiger partial charge in [-0.05, 0) is 48.9 Å². The van der Waals surface area contributed by atoms with Gasteiger partial charge in [-0.15, -0.1) is 0 Å². The molecule has 0 spiro atoms. The smallest absolute Gasteiger partial charge is 0.251 e. The number of rotatable bonds is 7. The number of benzene rings is 1. The maximum atomic E-state index is 13.1. The Kier molecular flexibility index (Phi) is 7.57. The molecule has 1 N–H and O–H groups in total. The van der Waals surface area contributed by atoms with Crippen LogP contribution in [0.25, 0.3) is 0 Å². The lowest BCUT2D eigenvalue weighted by Gasteiger charge is -2.21. The van der Waals surface area contributed by atoms with Gasteiger partial charge in [0.05, 0.1) is 23.4 Å². The van der Waals surface area contributed by atoms with Crippen molar-refractivity contribution in [2.75, 3.05) is 31.3 Å². The minimum atomic E-state index is -3.65. The zero-order valence-corrected chi connectivity index (χ0v) is 18.4. The van der Waals surface area contributed by atoms with Gasteiger partial charge in [0.2, 0.25) is 15.9 Å². The molecule has 1 aromatic carbocycles. The van der Waals surface area contributed by atoms with E-state index >= 15 is 0 Å². The van der Waals surface area contributed by atoms with Gasteiger partial charge in [0.1, 0.15) is 5.75 Å². The van der Waals surface area contributed by atoms with Crippen LogP contribution in [0, 0.1) is 5.21 Å². The van der Waals surface area contributed by atoms with Crippen molar-refractivity contribution in [1.82, 2.24) is 4.31 Å². The number of aromatic nitrogens is 1. The molecule has 1 aliphatic heterocycles. The van der Waals surface area contributed by atoms with Crippen molar-refractivity contribution in [3.63, 3.8) is 0 Å². The topological polar surface area (TPSA) is 103 Å². The van der Waals surface area contributed by atoms with Gasteiger partial charge >= 0.3 is 0 Å². The number of ether oxygens (including phenoxy) is 1. The molecule has 1 saturated heterocycles. The molecule has 2 aromatic rings. The largest absolute Gasteiger partial charge is 0.618 e. The highest BCUT2D eigenvalue weighted by Crippen LogP contribution is 2.30. The minimum Gasteiger partial charge on any atom is -0.618 e. The Labute approximate surface area is 180 Å². The fourth-order valence-corrected chi connectivity index (χ4v) is 5.48. The number of carbonyl (C=O) groups is 1. The van der Waals surface area contributed by atoms with E-state index in [-0.39, 0.29) is 22.2 Å². The van der Waals surface area contributed by atoms with Gasteiger partial charge < -0.3 is 15.3 Å². The summed E-state index contributed by atoms with van der Waals surface area (Å²) in [4.78, 5) is 12.5. The summed E-state index contributed by atoms with van der Waals surface area (Å²) in [6.07, 6.45) is 5.10. The van der Waals surface area contributed by atoms with Crippen LogP contribution in [0.4, 0.5) is 5.69 Å². The number of carbonyl (C=O) groups excluding carboxylic acids is 1. The lowest BCUT2D eigenvalue weighted by atomic mass is 10.2. The molecule has 0 unspecified atom stereocenters. The second-order valence-corrected chi connectivity index (χ2v) is 9.82. The van der Waals surface area contributed by atoms with Crippen LogP contribution in [0.1, 0.15) is 25.7 Å². The molecule has 10 heteroatoms. The molecular formula is C20H25N3O5S2. The Morgan fingerprint density at radius 1 is 1.20 bits per heavy atom. The molecule has 2 heterocycles.